The third kappa shape index (κ3) is 4.83. The molecule has 0 unspecified atom stereocenters. The summed E-state index contributed by atoms with van der Waals surface area (Å²) >= 11 is 6.20. The lowest BCUT2D eigenvalue weighted by Crippen LogP contribution is -2.40. The van der Waals surface area contributed by atoms with Gasteiger partial charge in [-0.25, -0.2) is 4.21 Å². The van der Waals surface area contributed by atoms with Gasteiger partial charge >= 0.3 is 0 Å². The third-order valence-electron chi connectivity index (χ3n) is 6.91. The Morgan fingerprint density at radius 3 is 2.72 bits per heavy atom. The SMILES string of the molecule is CCN1CCC[C@@H]1CNC(=O)c1ccc2c(c1)N(Cc1cccc(Cl)c1)C(=O)c1ccccc1[S@]2=O. The van der Waals surface area contributed by atoms with Gasteiger partial charge in [-0.15, -0.1) is 0 Å². The first-order chi connectivity index (χ1) is 17.5. The number of anilines is 1. The van der Waals surface area contributed by atoms with Crippen molar-refractivity contribution in [2.75, 3.05) is 24.5 Å². The summed E-state index contributed by atoms with van der Waals surface area (Å²) in [5, 5.41) is 3.63. The van der Waals surface area contributed by atoms with Crippen molar-refractivity contribution in [3.63, 3.8) is 0 Å². The van der Waals surface area contributed by atoms with Gasteiger partial charge in [0, 0.05) is 23.2 Å². The molecule has 186 valence electrons. The van der Waals surface area contributed by atoms with E-state index in [2.05, 4.69) is 17.1 Å². The quantitative estimate of drug-likeness (QED) is 0.502. The monoisotopic (exact) mass is 521 g/mol. The summed E-state index contributed by atoms with van der Waals surface area (Å²) in [6.07, 6.45) is 2.21. The summed E-state index contributed by atoms with van der Waals surface area (Å²) in [5.74, 6) is -0.469. The summed E-state index contributed by atoms with van der Waals surface area (Å²) in [7, 11) is -1.57. The van der Waals surface area contributed by atoms with Crippen LogP contribution in [0.3, 0.4) is 0 Å². The van der Waals surface area contributed by atoms with Crippen LogP contribution in [0.25, 0.3) is 0 Å². The number of likely N-dealkylation sites (N-methyl/N-ethyl adjacent to an activating group) is 1. The van der Waals surface area contributed by atoms with E-state index in [-0.39, 0.29) is 18.4 Å². The van der Waals surface area contributed by atoms with Gasteiger partial charge in [-0.05, 0) is 74.0 Å². The number of likely N-dealkylation sites (tertiary alicyclic amines) is 1. The normalized spacial score (nSPS) is 19.5. The van der Waals surface area contributed by atoms with Crippen LogP contribution in [-0.2, 0) is 17.3 Å². The molecule has 5 rings (SSSR count). The molecule has 0 spiro atoms. The van der Waals surface area contributed by atoms with Crippen molar-refractivity contribution in [3.8, 4) is 0 Å². The van der Waals surface area contributed by atoms with Crippen molar-refractivity contribution in [2.24, 2.45) is 0 Å². The van der Waals surface area contributed by atoms with Gasteiger partial charge in [-0.3, -0.25) is 14.5 Å². The molecule has 1 saturated heterocycles. The minimum Gasteiger partial charge on any atom is -0.350 e. The van der Waals surface area contributed by atoms with Gasteiger partial charge in [0.25, 0.3) is 11.8 Å². The van der Waals surface area contributed by atoms with E-state index in [0.29, 0.717) is 44.2 Å². The molecule has 8 heteroatoms. The molecule has 0 radical (unpaired) electrons. The Bertz CT molecular complexity index is 1350. The molecule has 2 aliphatic rings. The number of nitrogens with one attached hydrogen (secondary N) is 1. The van der Waals surface area contributed by atoms with Gasteiger partial charge in [0.2, 0.25) is 0 Å². The van der Waals surface area contributed by atoms with Crippen molar-refractivity contribution < 1.29 is 13.8 Å². The van der Waals surface area contributed by atoms with Crippen LogP contribution in [0.2, 0.25) is 5.02 Å². The second-order valence-corrected chi connectivity index (χ2v) is 11.0. The first-order valence-corrected chi connectivity index (χ1v) is 13.7. The van der Waals surface area contributed by atoms with Crippen LogP contribution < -0.4 is 10.2 Å². The smallest absolute Gasteiger partial charge is 0.259 e. The number of nitrogens with zero attached hydrogens (tertiary/aromatic N) is 2. The van der Waals surface area contributed by atoms with E-state index in [1.54, 1.807) is 59.5 Å². The third-order valence-corrected chi connectivity index (χ3v) is 8.64. The van der Waals surface area contributed by atoms with Crippen LogP contribution in [0.15, 0.2) is 76.5 Å². The molecule has 1 fully saturated rings. The van der Waals surface area contributed by atoms with Crippen LogP contribution in [0, 0.1) is 0 Å². The second-order valence-electron chi connectivity index (χ2n) is 9.10. The number of carbonyl (C=O) groups excluding carboxylic acids is 2. The van der Waals surface area contributed by atoms with E-state index in [1.165, 1.54) is 0 Å². The highest BCUT2D eigenvalue weighted by Gasteiger charge is 2.32. The Morgan fingerprint density at radius 2 is 1.92 bits per heavy atom. The Labute approximate surface area is 218 Å². The maximum atomic E-state index is 13.7. The van der Waals surface area contributed by atoms with Crippen LogP contribution >= 0.6 is 11.6 Å². The fourth-order valence-corrected chi connectivity index (χ4v) is 6.59. The molecule has 2 amide bonds. The average molecular weight is 522 g/mol. The maximum Gasteiger partial charge on any atom is 0.259 e. The number of amides is 2. The molecule has 3 aromatic carbocycles. The number of halogens is 1. The first kappa shape index (κ1) is 24.7. The van der Waals surface area contributed by atoms with Crippen molar-refractivity contribution >= 4 is 39.9 Å². The van der Waals surface area contributed by atoms with E-state index >= 15 is 0 Å². The van der Waals surface area contributed by atoms with Crippen molar-refractivity contribution in [3.05, 3.63) is 88.4 Å². The molecule has 2 atom stereocenters. The molecule has 2 aliphatic heterocycles. The fraction of sp³-hybridized carbons (Fsp3) is 0.286. The molecule has 36 heavy (non-hydrogen) atoms. The highest BCUT2D eigenvalue weighted by Crippen LogP contribution is 2.36. The fourth-order valence-electron chi connectivity index (χ4n) is 5.03. The predicted octanol–water partition coefficient (Wildman–Crippen LogP) is 4.88. The zero-order chi connectivity index (χ0) is 25.2. The Hall–Kier alpha value is -3.00. The summed E-state index contributed by atoms with van der Waals surface area (Å²) in [6.45, 7) is 4.97. The van der Waals surface area contributed by atoms with Crippen LogP contribution in [0.4, 0.5) is 5.69 Å². The lowest BCUT2D eigenvalue weighted by atomic mass is 10.1. The van der Waals surface area contributed by atoms with Crippen molar-refractivity contribution in [2.45, 2.75) is 42.1 Å². The van der Waals surface area contributed by atoms with Gasteiger partial charge in [0.1, 0.15) is 0 Å². The number of fused-ring (bicyclic) bond motifs is 2. The van der Waals surface area contributed by atoms with Crippen LogP contribution in [-0.4, -0.2) is 46.6 Å². The summed E-state index contributed by atoms with van der Waals surface area (Å²) < 4.78 is 13.6. The summed E-state index contributed by atoms with van der Waals surface area (Å²) in [6, 6.07) is 19.7. The van der Waals surface area contributed by atoms with Gasteiger partial charge < -0.3 is 10.2 Å². The lowest BCUT2D eigenvalue weighted by Gasteiger charge is -2.24. The van der Waals surface area contributed by atoms with Gasteiger partial charge in [0.05, 0.1) is 38.4 Å². The molecule has 6 nitrogen and oxygen atoms in total. The molecular formula is C28H28ClN3O3S. The predicted molar refractivity (Wildman–Crippen MR) is 142 cm³/mol. The average Bonchev–Trinajstić information content (AvgIpc) is 3.34. The Balaban J connectivity index is 1.50. The summed E-state index contributed by atoms with van der Waals surface area (Å²) in [4.78, 5) is 31.8. The van der Waals surface area contributed by atoms with Gasteiger partial charge in [0.15, 0.2) is 0 Å². The lowest BCUT2D eigenvalue weighted by molar-refractivity contribution is 0.0938. The zero-order valence-corrected chi connectivity index (χ0v) is 21.6. The van der Waals surface area contributed by atoms with E-state index in [1.807, 2.05) is 12.1 Å². The summed E-state index contributed by atoms with van der Waals surface area (Å²) in [5.41, 5.74) is 2.13. The van der Waals surface area contributed by atoms with E-state index in [9.17, 15) is 13.8 Å². The minimum atomic E-state index is -1.57. The largest absolute Gasteiger partial charge is 0.350 e. The van der Waals surface area contributed by atoms with Gasteiger partial charge in [-0.1, -0.05) is 42.8 Å². The molecule has 2 heterocycles. The Morgan fingerprint density at radius 1 is 1.08 bits per heavy atom. The number of hydrogen-bond acceptors (Lipinski definition) is 4. The number of benzene rings is 3. The standard InChI is InChI=1S/C28H28ClN3O3S/c1-2-31-14-6-9-22(31)17-30-27(33)20-12-13-26-24(16-20)32(18-19-7-5-8-21(29)15-19)28(34)23-10-3-4-11-25(23)36(26)35/h3-5,7-8,10-13,15-16,22H,2,6,9,14,17-18H2,1H3,(H,30,33)/t22-,36-/m1/s1. The topological polar surface area (TPSA) is 69.7 Å². The van der Waals surface area contributed by atoms with Crippen LogP contribution in [0.5, 0.6) is 0 Å². The van der Waals surface area contributed by atoms with Crippen LogP contribution in [0.1, 0.15) is 46.0 Å². The van der Waals surface area contributed by atoms with Gasteiger partial charge in [-0.2, -0.15) is 0 Å². The molecule has 0 bridgehead atoms. The van der Waals surface area contributed by atoms with Crippen molar-refractivity contribution in [1.29, 1.82) is 0 Å². The molecule has 0 aliphatic carbocycles. The molecule has 0 saturated carbocycles. The Kier molecular flexibility index (Phi) is 7.23. The number of carbonyl (C=O) groups is 2. The minimum absolute atomic E-state index is 0.205. The number of hydrogen-bond donors (Lipinski definition) is 1. The van der Waals surface area contributed by atoms with E-state index < -0.39 is 10.8 Å². The van der Waals surface area contributed by atoms with E-state index in [0.717, 1.165) is 31.5 Å². The molecule has 0 aromatic heterocycles. The molecular weight excluding hydrogens is 494 g/mol. The zero-order valence-electron chi connectivity index (χ0n) is 20.1. The number of rotatable bonds is 6. The maximum absolute atomic E-state index is 13.7. The second kappa shape index (κ2) is 10.5. The highest BCUT2D eigenvalue weighted by molar-refractivity contribution is 7.85. The first-order valence-electron chi connectivity index (χ1n) is 12.2. The molecule has 3 aromatic rings. The van der Waals surface area contributed by atoms with E-state index in [4.69, 9.17) is 11.6 Å². The molecule has 1 N–H and O–H groups in total. The highest BCUT2D eigenvalue weighted by atomic mass is 35.5. The van der Waals surface area contributed by atoms with Crippen molar-refractivity contribution in [1.82, 2.24) is 10.2 Å².